The van der Waals surface area contributed by atoms with Gasteiger partial charge in [0.15, 0.2) is 0 Å². The number of hydrogen-bond acceptors (Lipinski definition) is 3. The number of halogens is 1. The van der Waals surface area contributed by atoms with Gasteiger partial charge in [-0.15, -0.1) is 0 Å². The highest BCUT2D eigenvalue weighted by atomic mass is 32.2. The highest BCUT2D eigenvalue weighted by molar-refractivity contribution is 7.89. The zero-order chi connectivity index (χ0) is 22.6. The maximum Gasteiger partial charge on any atom is 0.243 e. The molecule has 2 aromatic carbocycles. The standard InChI is InChI=1S/C25H31FN2O3S/c26-22-12-10-21(11-13-22)24-6-5-19-28(24)25(29)16-9-20-7-14-23(15-8-20)32(30,31)27-17-3-1-2-4-18-27/h7-8,10-15,24H,1-6,9,16-19H2. The summed E-state index contributed by atoms with van der Waals surface area (Å²) in [6.45, 7) is 1.89. The Hall–Kier alpha value is -2.25. The van der Waals surface area contributed by atoms with E-state index in [0.29, 0.717) is 37.4 Å². The summed E-state index contributed by atoms with van der Waals surface area (Å²) in [5, 5.41) is 0. The quantitative estimate of drug-likeness (QED) is 0.631. The second kappa shape index (κ2) is 10.1. The largest absolute Gasteiger partial charge is 0.336 e. The summed E-state index contributed by atoms with van der Waals surface area (Å²) >= 11 is 0. The molecule has 2 aromatic rings. The van der Waals surface area contributed by atoms with Gasteiger partial charge in [0.1, 0.15) is 5.82 Å². The lowest BCUT2D eigenvalue weighted by Crippen LogP contribution is -2.32. The Labute approximate surface area is 190 Å². The Morgan fingerprint density at radius 2 is 1.53 bits per heavy atom. The van der Waals surface area contributed by atoms with Crippen LogP contribution in [0.25, 0.3) is 0 Å². The molecule has 2 aliphatic rings. The number of sulfonamides is 1. The monoisotopic (exact) mass is 458 g/mol. The van der Waals surface area contributed by atoms with E-state index in [2.05, 4.69) is 0 Å². The molecule has 1 amide bonds. The van der Waals surface area contributed by atoms with E-state index in [9.17, 15) is 17.6 Å². The van der Waals surface area contributed by atoms with Crippen LogP contribution in [0, 0.1) is 5.82 Å². The Bertz CT molecular complexity index is 1010. The van der Waals surface area contributed by atoms with Crippen LogP contribution in [0.4, 0.5) is 4.39 Å². The van der Waals surface area contributed by atoms with E-state index < -0.39 is 10.0 Å². The van der Waals surface area contributed by atoms with Crippen molar-refractivity contribution in [2.75, 3.05) is 19.6 Å². The van der Waals surface area contributed by atoms with Crippen molar-refractivity contribution in [2.45, 2.75) is 62.3 Å². The lowest BCUT2D eigenvalue weighted by Gasteiger charge is -2.25. The Morgan fingerprint density at radius 1 is 0.875 bits per heavy atom. The van der Waals surface area contributed by atoms with E-state index in [-0.39, 0.29) is 17.8 Å². The molecule has 5 nitrogen and oxygen atoms in total. The van der Waals surface area contributed by atoms with Gasteiger partial charge in [-0.2, -0.15) is 4.31 Å². The van der Waals surface area contributed by atoms with Gasteiger partial charge in [0.2, 0.25) is 15.9 Å². The number of amides is 1. The van der Waals surface area contributed by atoms with Crippen LogP contribution in [-0.4, -0.2) is 43.2 Å². The minimum absolute atomic E-state index is 0.00393. The molecule has 0 radical (unpaired) electrons. The fraction of sp³-hybridized carbons (Fsp3) is 0.480. The van der Waals surface area contributed by atoms with Crippen molar-refractivity contribution in [3.05, 3.63) is 65.5 Å². The first-order chi connectivity index (χ1) is 15.4. The summed E-state index contributed by atoms with van der Waals surface area (Å²) in [7, 11) is -3.46. The van der Waals surface area contributed by atoms with Gasteiger partial charge in [0, 0.05) is 26.1 Å². The van der Waals surface area contributed by atoms with Crippen molar-refractivity contribution in [3.63, 3.8) is 0 Å². The van der Waals surface area contributed by atoms with Crippen LogP contribution in [-0.2, 0) is 21.2 Å². The lowest BCUT2D eigenvalue weighted by atomic mass is 10.0. The smallest absolute Gasteiger partial charge is 0.243 e. The van der Waals surface area contributed by atoms with Gasteiger partial charge in [-0.25, -0.2) is 12.8 Å². The van der Waals surface area contributed by atoms with Gasteiger partial charge in [0.25, 0.3) is 0 Å². The predicted molar refractivity (Wildman–Crippen MR) is 122 cm³/mol. The van der Waals surface area contributed by atoms with E-state index in [1.165, 1.54) is 12.1 Å². The molecule has 0 N–H and O–H groups in total. The average Bonchev–Trinajstić information content (AvgIpc) is 3.12. The van der Waals surface area contributed by atoms with Gasteiger partial charge < -0.3 is 4.90 Å². The molecule has 172 valence electrons. The number of rotatable bonds is 6. The van der Waals surface area contributed by atoms with Crippen molar-refractivity contribution in [2.24, 2.45) is 0 Å². The molecule has 0 spiro atoms. The first-order valence-electron chi connectivity index (χ1n) is 11.6. The van der Waals surface area contributed by atoms with Gasteiger partial charge >= 0.3 is 0 Å². The number of carbonyl (C=O) groups is 1. The molecule has 1 unspecified atom stereocenters. The van der Waals surface area contributed by atoms with Gasteiger partial charge in [-0.1, -0.05) is 37.1 Å². The number of carbonyl (C=O) groups excluding carboxylic acids is 1. The van der Waals surface area contributed by atoms with Crippen LogP contribution < -0.4 is 0 Å². The predicted octanol–water partition coefficient (Wildman–Crippen LogP) is 4.69. The second-order valence-corrected chi connectivity index (χ2v) is 10.7. The van der Waals surface area contributed by atoms with Crippen molar-refractivity contribution < 1.29 is 17.6 Å². The topological polar surface area (TPSA) is 57.7 Å². The van der Waals surface area contributed by atoms with E-state index in [4.69, 9.17) is 0 Å². The highest BCUT2D eigenvalue weighted by Gasteiger charge is 2.29. The maximum atomic E-state index is 13.2. The SMILES string of the molecule is O=C(CCc1ccc(S(=O)(=O)N2CCCCCC2)cc1)N1CCCC1c1ccc(F)cc1. The summed E-state index contributed by atoms with van der Waals surface area (Å²) < 4.78 is 40.7. The van der Waals surface area contributed by atoms with Crippen LogP contribution in [0.2, 0.25) is 0 Å². The van der Waals surface area contributed by atoms with Crippen molar-refractivity contribution >= 4 is 15.9 Å². The summed E-state index contributed by atoms with van der Waals surface area (Å²) in [6, 6.07) is 13.4. The fourth-order valence-electron chi connectivity index (χ4n) is 4.75. The molecule has 4 rings (SSSR count). The lowest BCUT2D eigenvalue weighted by molar-refractivity contribution is -0.132. The van der Waals surface area contributed by atoms with E-state index >= 15 is 0 Å². The zero-order valence-corrected chi connectivity index (χ0v) is 19.2. The van der Waals surface area contributed by atoms with Gasteiger partial charge in [-0.05, 0) is 67.5 Å². The third-order valence-corrected chi connectivity index (χ3v) is 8.49. The Balaban J connectivity index is 1.36. The fourth-order valence-corrected chi connectivity index (χ4v) is 6.27. The van der Waals surface area contributed by atoms with E-state index in [1.54, 1.807) is 28.6 Å². The number of nitrogens with zero attached hydrogens (tertiary/aromatic N) is 2. The molecular formula is C25H31FN2O3S. The second-order valence-electron chi connectivity index (χ2n) is 8.76. The highest BCUT2D eigenvalue weighted by Crippen LogP contribution is 2.32. The number of benzene rings is 2. The molecule has 7 heteroatoms. The summed E-state index contributed by atoms with van der Waals surface area (Å²) in [4.78, 5) is 15.1. The summed E-state index contributed by atoms with van der Waals surface area (Å²) in [6.07, 6.45) is 6.75. The number of hydrogen-bond donors (Lipinski definition) is 0. The third kappa shape index (κ3) is 5.21. The number of aryl methyl sites for hydroxylation is 1. The summed E-state index contributed by atoms with van der Waals surface area (Å²) in [5.74, 6) is -0.191. The molecule has 32 heavy (non-hydrogen) atoms. The van der Waals surface area contributed by atoms with Crippen molar-refractivity contribution in [3.8, 4) is 0 Å². The maximum absolute atomic E-state index is 13.2. The van der Waals surface area contributed by atoms with Crippen LogP contribution in [0.15, 0.2) is 53.4 Å². The first kappa shape index (κ1) is 22.9. The van der Waals surface area contributed by atoms with Gasteiger partial charge in [0.05, 0.1) is 10.9 Å². The average molecular weight is 459 g/mol. The molecule has 2 aliphatic heterocycles. The van der Waals surface area contributed by atoms with Gasteiger partial charge in [-0.3, -0.25) is 4.79 Å². The molecule has 0 saturated carbocycles. The Kier molecular flexibility index (Phi) is 7.26. The zero-order valence-electron chi connectivity index (χ0n) is 18.4. The minimum atomic E-state index is -3.46. The molecule has 0 aromatic heterocycles. The molecule has 0 bridgehead atoms. The minimum Gasteiger partial charge on any atom is -0.336 e. The molecule has 2 fully saturated rings. The van der Waals surface area contributed by atoms with E-state index in [1.807, 2.05) is 17.0 Å². The summed E-state index contributed by atoms with van der Waals surface area (Å²) in [5.41, 5.74) is 1.92. The molecule has 1 atom stereocenters. The molecule has 2 heterocycles. The van der Waals surface area contributed by atoms with Crippen LogP contribution in [0.5, 0.6) is 0 Å². The van der Waals surface area contributed by atoms with Crippen LogP contribution in [0.3, 0.4) is 0 Å². The normalized spacial score (nSPS) is 20.3. The van der Waals surface area contributed by atoms with Crippen molar-refractivity contribution in [1.29, 1.82) is 0 Å². The molecular weight excluding hydrogens is 427 g/mol. The molecule has 0 aliphatic carbocycles. The molecule has 2 saturated heterocycles. The first-order valence-corrected chi connectivity index (χ1v) is 13.0. The van der Waals surface area contributed by atoms with Crippen LogP contribution >= 0.6 is 0 Å². The van der Waals surface area contributed by atoms with E-state index in [0.717, 1.165) is 49.7 Å². The number of likely N-dealkylation sites (tertiary alicyclic amines) is 1. The Morgan fingerprint density at radius 3 is 2.19 bits per heavy atom. The van der Waals surface area contributed by atoms with Crippen molar-refractivity contribution in [1.82, 2.24) is 9.21 Å². The third-order valence-electron chi connectivity index (χ3n) is 6.58. The van der Waals surface area contributed by atoms with Crippen LogP contribution in [0.1, 0.15) is 62.1 Å².